The highest BCUT2D eigenvalue weighted by atomic mass is 15.1. The minimum absolute atomic E-state index is 0.575. The van der Waals surface area contributed by atoms with E-state index in [2.05, 4.69) is 29.1 Å². The van der Waals surface area contributed by atoms with Gasteiger partial charge >= 0.3 is 0 Å². The van der Waals surface area contributed by atoms with Crippen LogP contribution in [0.5, 0.6) is 0 Å². The van der Waals surface area contributed by atoms with Crippen molar-refractivity contribution in [3.8, 4) is 0 Å². The maximum absolute atomic E-state index is 5.59. The molecule has 3 nitrogen and oxygen atoms in total. The topological polar surface area (TPSA) is 42.1 Å². The molecule has 0 atom stereocenters. The van der Waals surface area contributed by atoms with Crippen LogP contribution in [0.2, 0.25) is 0 Å². The normalized spacial score (nSPS) is 17.9. The molecule has 3 heteroatoms. The van der Waals surface area contributed by atoms with Gasteiger partial charge in [0.05, 0.1) is 5.69 Å². The minimum atomic E-state index is 0.575. The van der Waals surface area contributed by atoms with E-state index in [-0.39, 0.29) is 0 Å². The number of aromatic nitrogens is 1. The Morgan fingerprint density at radius 1 is 1.22 bits per heavy atom. The van der Waals surface area contributed by atoms with Crippen LogP contribution in [0, 0.1) is 0 Å². The van der Waals surface area contributed by atoms with Crippen LogP contribution in [-0.4, -0.2) is 23.0 Å². The van der Waals surface area contributed by atoms with E-state index >= 15 is 0 Å². The average Bonchev–Trinajstić information content (AvgIpc) is 2.68. The molecule has 0 spiro atoms. The smallest absolute Gasteiger partial charge is 0.0544 e. The zero-order chi connectivity index (χ0) is 12.8. The molecule has 1 aromatic rings. The lowest BCUT2D eigenvalue weighted by Gasteiger charge is -2.26. The van der Waals surface area contributed by atoms with Gasteiger partial charge in [0.15, 0.2) is 0 Å². The summed E-state index contributed by atoms with van der Waals surface area (Å²) in [5.41, 5.74) is 7.84. The summed E-state index contributed by atoms with van der Waals surface area (Å²) in [6, 6.07) is 4.93. The average molecular weight is 247 g/mol. The van der Waals surface area contributed by atoms with Gasteiger partial charge in [-0.3, -0.25) is 9.88 Å². The fraction of sp³-hybridized carbons (Fsp3) is 0.667. The summed E-state index contributed by atoms with van der Waals surface area (Å²) in [6.45, 7) is 1.53. The highest BCUT2D eigenvalue weighted by molar-refractivity contribution is 5.13. The lowest BCUT2D eigenvalue weighted by Crippen LogP contribution is -2.31. The van der Waals surface area contributed by atoms with Crippen LogP contribution in [0.4, 0.5) is 0 Å². The van der Waals surface area contributed by atoms with E-state index in [1.165, 1.54) is 38.5 Å². The van der Waals surface area contributed by atoms with Gasteiger partial charge in [0.2, 0.25) is 0 Å². The van der Waals surface area contributed by atoms with Crippen molar-refractivity contribution in [2.24, 2.45) is 5.73 Å². The van der Waals surface area contributed by atoms with Gasteiger partial charge in [-0.1, -0.05) is 31.7 Å². The maximum Gasteiger partial charge on any atom is 0.0544 e. The lowest BCUT2D eigenvalue weighted by molar-refractivity contribution is 0.211. The molecule has 0 unspecified atom stereocenters. The standard InChI is InChI=1S/C15H25N3/c1-18(15-6-4-2-3-5-7-15)12-14-9-8-13(10-16)11-17-14/h8-9,11,15H,2-7,10,12,16H2,1H3. The zero-order valence-electron chi connectivity index (χ0n) is 11.4. The van der Waals surface area contributed by atoms with Crippen molar-refractivity contribution >= 4 is 0 Å². The van der Waals surface area contributed by atoms with Crippen molar-refractivity contribution in [1.29, 1.82) is 0 Å². The molecular weight excluding hydrogens is 222 g/mol. The van der Waals surface area contributed by atoms with Crippen molar-refractivity contribution in [2.75, 3.05) is 7.05 Å². The van der Waals surface area contributed by atoms with Crippen LogP contribution in [0.3, 0.4) is 0 Å². The van der Waals surface area contributed by atoms with Crippen LogP contribution >= 0.6 is 0 Å². The van der Waals surface area contributed by atoms with Crippen LogP contribution in [0.15, 0.2) is 18.3 Å². The van der Waals surface area contributed by atoms with Gasteiger partial charge in [0.25, 0.3) is 0 Å². The molecule has 2 N–H and O–H groups in total. The first kappa shape index (κ1) is 13.5. The van der Waals surface area contributed by atoms with Gasteiger partial charge < -0.3 is 5.73 Å². The molecule has 0 aromatic carbocycles. The van der Waals surface area contributed by atoms with E-state index in [0.29, 0.717) is 6.54 Å². The number of nitrogens with two attached hydrogens (primary N) is 1. The summed E-state index contributed by atoms with van der Waals surface area (Å²) in [6.07, 6.45) is 10.2. The monoisotopic (exact) mass is 247 g/mol. The van der Waals surface area contributed by atoms with Crippen molar-refractivity contribution in [2.45, 2.75) is 57.7 Å². The molecule has 100 valence electrons. The molecule has 0 bridgehead atoms. The number of rotatable bonds is 4. The van der Waals surface area contributed by atoms with Gasteiger partial charge in [-0.05, 0) is 31.5 Å². The molecule has 0 amide bonds. The third kappa shape index (κ3) is 3.79. The third-order valence-corrected chi connectivity index (χ3v) is 3.98. The Morgan fingerprint density at radius 3 is 2.50 bits per heavy atom. The molecule has 0 aliphatic heterocycles. The van der Waals surface area contributed by atoms with E-state index in [1.54, 1.807) is 0 Å². The minimum Gasteiger partial charge on any atom is -0.326 e. The Hall–Kier alpha value is -0.930. The first-order valence-electron chi connectivity index (χ1n) is 7.13. The Kier molecular flexibility index (Phi) is 5.14. The maximum atomic E-state index is 5.59. The molecule has 1 heterocycles. The van der Waals surface area contributed by atoms with Crippen molar-refractivity contribution < 1.29 is 0 Å². The van der Waals surface area contributed by atoms with Gasteiger partial charge in [-0.2, -0.15) is 0 Å². The van der Waals surface area contributed by atoms with E-state index in [0.717, 1.165) is 23.8 Å². The highest BCUT2D eigenvalue weighted by Crippen LogP contribution is 2.21. The van der Waals surface area contributed by atoms with E-state index < -0.39 is 0 Å². The first-order chi connectivity index (χ1) is 8.79. The summed E-state index contributed by atoms with van der Waals surface area (Å²) in [5.74, 6) is 0. The van der Waals surface area contributed by atoms with E-state index in [4.69, 9.17) is 5.73 Å². The SMILES string of the molecule is CN(Cc1ccc(CN)cn1)C1CCCCCC1. The number of hydrogen-bond acceptors (Lipinski definition) is 3. The summed E-state index contributed by atoms with van der Waals surface area (Å²) in [5, 5.41) is 0. The molecule has 1 fully saturated rings. The Labute approximate surface area is 110 Å². The lowest BCUT2D eigenvalue weighted by atomic mass is 10.1. The summed E-state index contributed by atoms with van der Waals surface area (Å²) < 4.78 is 0. The molecule has 2 rings (SSSR count). The molecular formula is C15H25N3. The second-order valence-corrected chi connectivity index (χ2v) is 5.42. The Morgan fingerprint density at radius 2 is 1.94 bits per heavy atom. The van der Waals surface area contributed by atoms with Gasteiger partial charge in [0, 0.05) is 25.3 Å². The van der Waals surface area contributed by atoms with Crippen molar-refractivity contribution in [3.05, 3.63) is 29.6 Å². The summed E-state index contributed by atoms with van der Waals surface area (Å²) >= 11 is 0. The quantitative estimate of drug-likeness (QED) is 0.832. The van der Waals surface area contributed by atoms with Gasteiger partial charge in [0.1, 0.15) is 0 Å². The number of hydrogen-bond donors (Lipinski definition) is 1. The second kappa shape index (κ2) is 6.86. The molecule has 1 aromatic heterocycles. The van der Waals surface area contributed by atoms with E-state index in [1.807, 2.05) is 6.20 Å². The predicted molar refractivity (Wildman–Crippen MR) is 75.1 cm³/mol. The largest absolute Gasteiger partial charge is 0.326 e. The van der Waals surface area contributed by atoms with Crippen LogP contribution < -0.4 is 5.73 Å². The molecule has 1 aliphatic rings. The predicted octanol–water partition coefficient (Wildman–Crippen LogP) is 2.69. The van der Waals surface area contributed by atoms with Crippen molar-refractivity contribution in [1.82, 2.24) is 9.88 Å². The first-order valence-corrected chi connectivity index (χ1v) is 7.13. The summed E-state index contributed by atoms with van der Waals surface area (Å²) in [7, 11) is 2.23. The fourth-order valence-corrected chi connectivity index (χ4v) is 2.75. The molecule has 0 radical (unpaired) electrons. The van der Waals surface area contributed by atoms with Crippen LogP contribution in [0.1, 0.15) is 49.8 Å². The van der Waals surface area contributed by atoms with Crippen LogP contribution in [-0.2, 0) is 13.1 Å². The Bertz CT molecular complexity index is 339. The zero-order valence-corrected chi connectivity index (χ0v) is 11.4. The molecule has 1 saturated carbocycles. The van der Waals surface area contributed by atoms with E-state index in [9.17, 15) is 0 Å². The van der Waals surface area contributed by atoms with Crippen LogP contribution in [0.25, 0.3) is 0 Å². The van der Waals surface area contributed by atoms with Gasteiger partial charge in [-0.15, -0.1) is 0 Å². The molecule has 18 heavy (non-hydrogen) atoms. The second-order valence-electron chi connectivity index (χ2n) is 5.42. The highest BCUT2D eigenvalue weighted by Gasteiger charge is 2.17. The molecule has 1 aliphatic carbocycles. The number of nitrogens with zero attached hydrogens (tertiary/aromatic N) is 2. The summed E-state index contributed by atoms with van der Waals surface area (Å²) in [4.78, 5) is 6.95. The molecule has 0 saturated heterocycles. The fourth-order valence-electron chi connectivity index (χ4n) is 2.75. The third-order valence-electron chi connectivity index (χ3n) is 3.98. The van der Waals surface area contributed by atoms with Gasteiger partial charge in [-0.25, -0.2) is 0 Å². The Balaban J connectivity index is 1.90. The van der Waals surface area contributed by atoms with Crippen molar-refractivity contribution in [3.63, 3.8) is 0 Å². The number of pyridine rings is 1.